The minimum atomic E-state index is -0.552. The molecule has 3 nitrogen and oxygen atoms in total. The highest BCUT2D eigenvalue weighted by atomic mass is 15.2. The number of benzene rings is 5. The van der Waals surface area contributed by atoms with Gasteiger partial charge >= 0.3 is 0 Å². The fourth-order valence-corrected chi connectivity index (χ4v) is 7.72. The zero-order valence-electron chi connectivity index (χ0n) is 25.6. The third-order valence-corrected chi connectivity index (χ3v) is 9.72. The lowest BCUT2D eigenvalue weighted by atomic mass is 9.57. The molecule has 8 rings (SSSR count). The molecule has 0 saturated heterocycles. The Morgan fingerprint density at radius 2 is 1.24 bits per heavy atom. The molecule has 0 radical (unpaired) electrons. The van der Waals surface area contributed by atoms with Crippen LogP contribution in [0.2, 0.25) is 0 Å². The fourth-order valence-electron chi connectivity index (χ4n) is 7.72. The molecule has 2 N–H and O–H groups in total. The summed E-state index contributed by atoms with van der Waals surface area (Å²) in [7, 11) is 0. The molecular weight excluding hydrogens is 558 g/mol. The minimum Gasteiger partial charge on any atom is -0.332 e. The van der Waals surface area contributed by atoms with E-state index in [1.807, 2.05) is 6.07 Å². The third-order valence-electron chi connectivity index (χ3n) is 9.72. The summed E-state index contributed by atoms with van der Waals surface area (Å²) in [5.74, 6) is 0.953. The molecule has 1 heterocycles. The molecule has 5 aromatic carbocycles. The second-order valence-electron chi connectivity index (χ2n) is 12.1. The molecule has 3 heteroatoms. The van der Waals surface area contributed by atoms with Crippen LogP contribution in [0.25, 0.3) is 5.57 Å². The summed E-state index contributed by atoms with van der Waals surface area (Å²) < 4.78 is 0. The van der Waals surface area contributed by atoms with Gasteiger partial charge in [-0.25, -0.2) is 4.99 Å². The molecule has 0 saturated carbocycles. The highest BCUT2D eigenvalue weighted by molar-refractivity contribution is 5.98. The van der Waals surface area contributed by atoms with Gasteiger partial charge in [0, 0.05) is 29.3 Å². The first-order valence-corrected chi connectivity index (χ1v) is 16.0. The highest BCUT2D eigenvalue weighted by Crippen LogP contribution is 2.58. The summed E-state index contributed by atoms with van der Waals surface area (Å²) in [5.41, 5.74) is 9.85. The van der Waals surface area contributed by atoms with Gasteiger partial charge in [-0.15, -0.1) is 0 Å². The van der Waals surface area contributed by atoms with Crippen LogP contribution in [0, 0.1) is 5.92 Å². The first-order chi connectivity index (χ1) is 22.7. The van der Waals surface area contributed by atoms with Crippen molar-refractivity contribution in [2.45, 2.75) is 17.4 Å². The van der Waals surface area contributed by atoms with Crippen molar-refractivity contribution in [1.82, 2.24) is 5.32 Å². The Bertz CT molecular complexity index is 1980. The van der Waals surface area contributed by atoms with Crippen molar-refractivity contribution in [1.29, 1.82) is 0 Å². The van der Waals surface area contributed by atoms with Gasteiger partial charge in [-0.3, -0.25) is 0 Å². The molecule has 222 valence electrons. The van der Waals surface area contributed by atoms with Crippen molar-refractivity contribution in [3.8, 4) is 0 Å². The molecule has 5 aromatic rings. The Balaban J connectivity index is 1.36. The van der Waals surface area contributed by atoms with E-state index in [0.717, 1.165) is 28.0 Å². The molecule has 46 heavy (non-hydrogen) atoms. The van der Waals surface area contributed by atoms with Crippen LogP contribution in [-0.2, 0) is 5.41 Å². The summed E-state index contributed by atoms with van der Waals surface area (Å²) in [6, 6.07) is 49.4. The Kier molecular flexibility index (Phi) is 7.07. The first kappa shape index (κ1) is 27.8. The number of nitrogens with zero attached hydrogens (tertiary/aromatic N) is 1. The van der Waals surface area contributed by atoms with E-state index >= 15 is 0 Å². The van der Waals surface area contributed by atoms with E-state index in [-0.39, 0.29) is 17.9 Å². The Hall–Kier alpha value is -5.67. The number of nitrogens with one attached hydrogen (secondary N) is 2. The quantitative estimate of drug-likeness (QED) is 0.218. The number of anilines is 1. The molecule has 0 aromatic heterocycles. The summed E-state index contributed by atoms with van der Waals surface area (Å²) in [4.78, 5) is 5.24. The third kappa shape index (κ3) is 4.55. The minimum absolute atomic E-state index is 0.0924. The summed E-state index contributed by atoms with van der Waals surface area (Å²) >= 11 is 0. The van der Waals surface area contributed by atoms with Crippen molar-refractivity contribution in [3.05, 3.63) is 216 Å². The second kappa shape index (κ2) is 11.7. The predicted octanol–water partition coefficient (Wildman–Crippen LogP) is 9.57. The summed E-state index contributed by atoms with van der Waals surface area (Å²) in [6.45, 7) is 4.85. The average Bonchev–Trinajstić information content (AvgIpc) is 3.22. The van der Waals surface area contributed by atoms with E-state index < -0.39 is 5.41 Å². The maximum absolute atomic E-state index is 5.24. The van der Waals surface area contributed by atoms with E-state index in [0.29, 0.717) is 5.96 Å². The van der Waals surface area contributed by atoms with Crippen molar-refractivity contribution >= 4 is 17.2 Å². The van der Waals surface area contributed by atoms with E-state index in [1.54, 1.807) is 0 Å². The maximum atomic E-state index is 5.24. The maximum Gasteiger partial charge on any atom is 0.200 e. The highest BCUT2D eigenvalue weighted by Gasteiger charge is 2.50. The second-order valence-corrected chi connectivity index (χ2v) is 12.1. The number of rotatable bonds is 4. The van der Waals surface area contributed by atoms with Crippen LogP contribution < -0.4 is 10.6 Å². The number of guanidine groups is 1. The number of hydrogen-bond donors (Lipinski definition) is 2. The zero-order valence-corrected chi connectivity index (χ0v) is 25.6. The first-order valence-electron chi connectivity index (χ1n) is 16.0. The van der Waals surface area contributed by atoms with Gasteiger partial charge in [-0.1, -0.05) is 164 Å². The predicted molar refractivity (Wildman–Crippen MR) is 191 cm³/mol. The SMILES string of the molecule is C=C1/C(=C\NC2=NC(c3ccccc3)c3ccccc3N2)C(c2ccccc2)(c2ccccc2)C2C=CC=CC2c2ccccc21. The molecule has 3 atom stereocenters. The zero-order chi connectivity index (χ0) is 30.9. The van der Waals surface area contributed by atoms with Crippen molar-refractivity contribution in [2.75, 3.05) is 5.32 Å². The van der Waals surface area contributed by atoms with Gasteiger partial charge in [0.05, 0.1) is 5.41 Å². The van der Waals surface area contributed by atoms with Gasteiger partial charge in [0.15, 0.2) is 0 Å². The molecule has 3 aliphatic rings. The molecule has 1 aliphatic heterocycles. The molecule has 0 fully saturated rings. The fraction of sp³-hybridized carbons (Fsp3) is 0.0930. The number of fused-ring (bicyclic) bond motifs is 4. The average molecular weight is 594 g/mol. The van der Waals surface area contributed by atoms with Gasteiger partial charge in [0.2, 0.25) is 5.96 Å². The van der Waals surface area contributed by atoms with Gasteiger partial charge < -0.3 is 10.6 Å². The van der Waals surface area contributed by atoms with Crippen LogP contribution in [0.15, 0.2) is 187 Å². The Morgan fingerprint density at radius 1 is 0.652 bits per heavy atom. The monoisotopic (exact) mass is 593 g/mol. The normalized spacial score (nSPS) is 21.7. The van der Waals surface area contributed by atoms with E-state index in [1.165, 1.54) is 22.3 Å². The number of hydrogen-bond acceptors (Lipinski definition) is 3. The standard InChI is InChI=1S/C43H35N3/c1-30-34-23-11-12-24-35(34)36-25-13-15-27-38(36)43(32-19-7-3-8-20-32,33-21-9-4-10-22-33)39(30)29-44-42-45-40-28-16-14-26-37(40)41(46-42)31-17-5-2-6-18-31/h2-29,36,38,41H,1H2,(H2,44,45,46)/b39-29+. The van der Waals surface area contributed by atoms with E-state index in [9.17, 15) is 0 Å². The summed E-state index contributed by atoms with van der Waals surface area (Å²) in [6.07, 6.45) is 11.3. The van der Waals surface area contributed by atoms with Gasteiger partial charge in [0.25, 0.3) is 0 Å². The van der Waals surface area contributed by atoms with E-state index in [2.05, 4.69) is 175 Å². The van der Waals surface area contributed by atoms with Crippen LogP contribution in [0.4, 0.5) is 5.69 Å². The lowest BCUT2D eigenvalue weighted by Gasteiger charge is -2.45. The van der Waals surface area contributed by atoms with Crippen LogP contribution >= 0.6 is 0 Å². The van der Waals surface area contributed by atoms with Crippen molar-refractivity contribution < 1.29 is 0 Å². The van der Waals surface area contributed by atoms with Crippen LogP contribution in [-0.4, -0.2) is 5.96 Å². The van der Waals surface area contributed by atoms with Crippen LogP contribution in [0.5, 0.6) is 0 Å². The van der Waals surface area contributed by atoms with Crippen LogP contribution in [0.1, 0.15) is 45.3 Å². The molecule has 0 bridgehead atoms. The number of para-hydroxylation sites is 1. The molecule has 0 spiro atoms. The lowest BCUT2D eigenvalue weighted by molar-refractivity contribution is 0.414. The molecule has 3 unspecified atom stereocenters. The van der Waals surface area contributed by atoms with Gasteiger partial charge in [0.1, 0.15) is 6.04 Å². The number of allylic oxidation sites excluding steroid dienone is 6. The largest absolute Gasteiger partial charge is 0.332 e. The lowest BCUT2D eigenvalue weighted by Crippen LogP contribution is -2.41. The van der Waals surface area contributed by atoms with E-state index in [4.69, 9.17) is 11.6 Å². The number of aliphatic imine (C=N–C) groups is 1. The van der Waals surface area contributed by atoms with Gasteiger partial charge in [-0.05, 0) is 45.0 Å². The smallest absolute Gasteiger partial charge is 0.200 e. The molecular formula is C43H35N3. The molecule has 2 aliphatic carbocycles. The van der Waals surface area contributed by atoms with Crippen molar-refractivity contribution in [2.24, 2.45) is 10.9 Å². The van der Waals surface area contributed by atoms with Crippen LogP contribution in [0.3, 0.4) is 0 Å². The molecule has 0 amide bonds. The van der Waals surface area contributed by atoms with Crippen molar-refractivity contribution in [3.63, 3.8) is 0 Å². The Morgan fingerprint density at radius 3 is 1.96 bits per heavy atom. The topological polar surface area (TPSA) is 36.4 Å². The van der Waals surface area contributed by atoms with Gasteiger partial charge in [-0.2, -0.15) is 0 Å². The Labute approximate surface area is 271 Å². The summed E-state index contributed by atoms with van der Waals surface area (Å²) in [5, 5.41) is 7.27.